The minimum absolute atomic E-state index is 0.181. The van der Waals surface area contributed by atoms with Crippen molar-refractivity contribution in [3.8, 4) is 0 Å². The molecule has 1 aromatic carbocycles. The molecule has 0 aliphatic carbocycles. The fourth-order valence-electron chi connectivity index (χ4n) is 2.12. The van der Waals surface area contributed by atoms with E-state index in [1.54, 1.807) is 19.9 Å². The van der Waals surface area contributed by atoms with E-state index in [2.05, 4.69) is 15.5 Å². The van der Waals surface area contributed by atoms with E-state index in [-0.39, 0.29) is 19.1 Å². The van der Waals surface area contributed by atoms with Crippen molar-refractivity contribution in [3.63, 3.8) is 0 Å². The minimum atomic E-state index is -0.725. The van der Waals surface area contributed by atoms with Gasteiger partial charge in [0, 0.05) is 12.7 Å². The fourth-order valence-corrected chi connectivity index (χ4v) is 2.12. The first-order valence-electron chi connectivity index (χ1n) is 7.77. The zero-order chi connectivity index (χ0) is 17.6. The number of benzene rings is 1. The maximum atomic E-state index is 12.2. The maximum Gasteiger partial charge on any atom is 0.252 e. The third-order valence-electron chi connectivity index (χ3n) is 3.40. The molecule has 2 rings (SSSR count). The molecule has 2 aromatic rings. The lowest BCUT2D eigenvalue weighted by molar-refractivity contribution is 0.0714. The van der Waals surface area contributed by atoms with Crippen LogP contribution in [0.25, 0.3) is 0 Å². The summed E-state index contributed by atoms with van der Waals surface area (Å²) in [6, 6.07) is 7.35. The smallest absolute Gasteiger partial charge is 0.252 e. The Labute approximate surface area is 141 Å². The number of methoxy groups -OCH3 is 1. The van der Waals surface area contributed by atoms with Crippen LogP contribution in [0.2, 0.25) is 0 Å². The Morgan fingerprint density at radius 3 is 2.92 bits per heavy atom. The van der Waals surface area contributed by atoms with E-state index < -0.39 is 5.60 Å². The van der Waals surface area contributed by atoms with Gasteiger partial charge in [-0.1, -0.05) is 17.3 Å². The lowest BCUT2D eigenvalue weighted by atomic mass is 9.98. The van der Waals surface area contributed by atoms with Gasteiger partial charge in [0.2, 0.25) is 0 Å². The quantitative estimate of drug-likeness (QED) is 0.765. The molecule has 0 radical (unpaired) electrons. The van der Waals surface area contributed by atoms with E-state index in [0.29, 0.717) is 30.1 Å². The molecule has 0 spiro atoms. The van der Waals surface area contributed by atoms with Crippen LogP contribution in [0.15, 0.2) is 28.8 Å². The number of carbonyl (C=O) groups is 1. The highest BCUT2D eigenvalue weighted by molar-refractivity contribution is 5.94. The van der Waals surface area contributed by atoms with Gasteiger partial charge in [-0.05, 0) is 44.4 Å². The second-order valence-electron chi connectivity index (χ2n) is 6.23. The zero-order valence-corrected chi connectivity index (χ0v) is 14.2. The Hall–Kier alpha value is -2.25. The summed E-state index contributed by atoms with van der Waals surface area (Å²) in [7, 11) is 1.54. The van der Waals surface area contributed by atoms with Crippen LogP contribution in [0.3, 0.4) is 0 Å². The van der Waals surface area contributed by atoms with Crippen LogP contribution in [0, 0.1) is 0 Å². The lowest BCUT2D eigenvalue weighted by Gasteiger charge is -2.16. The molecule has 0 saturated heterocycles. The van der Waals surface area contributed by atoms with Crippen molar-refractivity contribution < 1.29 is 19.2 Å². The molecular formula is C17H23N3O4. The monoisotopic (exact) mass is 333 g/mol. The maximum absolute atomic E-state index is 12.2. The summed E-state index contributed by atoms with van der Waals surface area (Å²) in [6.07, 6.45) is 1.33. The van der Waals surface area contributed by atoms with Gasteiger partial charge in [-0.15, -0.1) is 0 Å². The van der Waals surface area contributed by atoms with Crippen LogP contribution in [0.5, 0.6) is 0 Å². The molecule has 0 bridgehead atoms. The number of aromatic nitrogens is 2. The van der Waals surface area contributed by atoms with Gasteiger partial charge in [-0.2, -0.15) is 4.98 Å². The molecule has 2 N–H and O–H groups in total. The Kier molecular flexibility index (Phi) is 6.05. The predicted octanol–water partition coefficient (Wildman–Crippen LogP) is 1.85. The molecule has 1 aromatic heterocycles. The van der Waals surface area contributed by atoms with Crippen molar-refractivity contribution in [3.05, 3.63) is 47.1 Å². The van der Waals surface area contributed by atoms with E-state index >= 15 is 0 Å². The van der Waals surface area contributed by atoms with Gasteiger partial charge in [0.1, 0.15) is 6.61 Å². The number of amides is 1. The molecule has 0 aliphatic heterocycles. The molecular weight excluding hydrogens is 310 g/mol. The number of hydrogen-bond donors (Lipinski definition) is 2. The third kappa shape index (κ3) is 5.75. The van der Waals surface area contributed by atoms with Gasteiger partial charge in [-0.3, -0.25) is 4.79 Å². The number of aliphatic hydroxyl groups is 1. The van der Waals surface area contributed by atoms with Crippen molar-refractivity contribution in [1.82, 2.24) is 15.5 Å². The fraction of sp³-hybridized carbons (Fsp3) is 0.471. The zero-order valence-electron chi connectivity index (χ0n) is 14.2. The summed E-state index contributed by atoms with van der Waals surface area (Å²) >= 11 is 0. The van der Waals surface area contributed by atoms with Crippen LogP contribution in [-0.4, -0.2) is 33.9 Å². The van der Waals surface area contributed by atoms with Gasteiger partial charge in [0.25, 0.3) is 11.8 Å². The van der Waals surface area contributed by atoms with E-state index in [9.17, 15) is 9.90 Å². The lowest BCUT2D eigenvalue weighted by Crippen LogP contribution is -2.23. The van der Waals surface area contributed by atoms with Gasteiger partial charge < -0.3 is 19.7 Å². The second-order valence-corrected chi connectivity index (χ2v) is 6.23. The molecule has 7 nitrogen and oxygen atoms in total. The third-order valence-corrected chi connectivity index (χ3v) is 3.40. The van der Waals surface area contributed by atoms with Crippen LogP contribution in [0.1, 0.15) is 47.9 Å². The minimum Gasteiger partial charge on any atom is -0.390 e. The van der Waals surface area contributed by atoms with E-state index in [4.69, 9.17) is 9.26 Å². The molecule has 130 valence electrons. The van der Waals surface area contributed by atoms with E-state index in [1.165, 1.54) is 7.11 Å². The van der Waals surface area contributed by atoms with E-state index in [0.717, 1.165) is 5.56 Å². The largest absolute Gasteiger partial charge is 0.390 e. The van der Waals surface area contributed by atoms with Crippen LogP contribution in [0.4, 0.5) is 0 Å². The average molecular weight is 333 g/mol. The Morgan fingerprint density at radius 1 is 1.42 bits per heavy atom. The number of carbonyl (C=O) groups excluding carboxylic acids is 1. The highest BCUT2D eigenvalue weighted by Crippen LogP contribution is 2.14. The topological polar surface area (TPSA) is 97.5 Å². The van der Waals surface area contributed by atoms with Crippen LogP contribution in [-0.2, 0) is 24.3 Å². The summed E-state index contributed by atoms with van der Waals surface area (Å²) < 4.78 is 9.86. The van der Waals surface area contributed by atoms with Crippen molar-refractivity contribution in [2.75, 3.05) is 7.11 Å². The van der Waals surface area contributed by atoms with E-state index in [1.807, 2.05) is 18.2 Å². The van der Waals surface area contributed by atoms with Crippen molar-refractivity contribution in [2.45, 2.75) is 45.4 Å². The molecule has 0 saturated carbocycles. The van der Waals surface area contributed by atoms with Crippen LogP contribution < -0.4 is 5.32 Å². The number of rotatable bonds is 8. The summed E-state index contributed by atoms with van der Waals surface area (Å²) in [6.45, 7) is 3.96. The van der Waals surface area contributed by atoms with Crippen molar-refractivity contribution in [1.29, 1.82) is 0 Å². The van der Waals surface area contributed by atoms with Gasteiger partial charge >= 0.3 is 0 Å². The molecule has 0 aliphatic rings. The van der Waals surface area contributed by atoms with Gasteiger partial charge in [0.05, 0.1) is 12.1 Å². The summed E-state index contributed by atoms with van der Waals surface area (Å²) in [5, 5.41) is 16.3. The van der Waals surface area contributed by atoms with Crippen molar-refractivity contribution >= 4 is 5.91 Å². The number of hydrogen-bond acceptors (Lipinski definition) is 6. The number of nitrogens with one attached hydrogen (secondary N) is 1. The molecule has 0 fully saturated rings. The summed E-state index contributed by atoms with van der Waals surface area (Å²) in [5.41, 5.74) is 0.840. The number of aryl methyl sites for hydroxylation is 1. The first-order chi connectivity index (χ1) is 11.4. The molecule has 7 heteroatoms. The second kappa shape index (κ2) is 8.03. The highest BCUT2D eigenvalue weighted by Gasteiger charge is 2.13. The highest BCUT2D eigenvalue weighted by atomic mass is 16.5. The van der Waals surface area contributed by atoms with Gasteiger partial charge in [0.15, 0.2) is 5.82 Å². The van der Waals surface area contributed by atoms with Gasteiger partial charge in [-0.25, -0.2) is 0 Å². The van der Waals surface area contributed by atoms with Crippen molar-refractivity contribution in [2.24, 2.45) is 0 Å². The Morgan fingerprint density at radius 2 is 2.21 bits per heavy atom. The average Bonchev–Trinajstić information content (AvgIpc) is 2.98. The Bertz CT molecular complexity index is 676. The predicted molar refractivity (Wildman–Crippen MR) is 87.2 cm³/mol. The molecule has 0 atom stereocenters. The SMILES string of the molecule is COCc1nc(CNC(=O)c2cccc(CCC(C)(C)O)c2)no1. The summed E-state index contributed by atoms with van der Waals surface area (Å²) in [4.78, 5) is 16.3. The molecule has 1 amide bonds. The number of nitrogens with zero attached hydrogens (tertiary/aromatic N) is 2. The van der Waals surface area contributed by atoms with Crippen LogP contribution >= 0.6 is 0 Å². The first-order valence-corrected chi connectivity index (χ1v) is 7.77. The molecule has 0 unspecified atom stereocenters. The normalized spacial score (nSPS) is 11.5. The summed E-state index contributed by atoms with van der Waals surface area (Å²) in [5.74, 6) is 0.558. The number of ether oxygens (including phenoxy) is 1. The Balaban J connectivity index is 1.91. The molecule has 24 heavy (non-hydrogen) atoms. The standard InChI is InChI=1S/C17H23N3O4/c1-17(2,22)8-7-12-5-4-6-13(9-12)16(21)18-10-14-19-15(11-23-3)24-20-14/h4-6,9,22H,7-8,10-11H2,1-3H3,(H,18,21). The molecule has 1 heterocycles. The first kappa shape index (κ1) is 18.1.